The Balaban J connectivity index is 1.24. The van der Waals surface area contributed by atoms with Gasteiger partial charge in [0.05, 0.1) is 5.92 Å². The average Bonchev–Trinajstić information content (AvgIpc) is 3.15. The fourth-order valence-electron chi connectivity index (χ4n) is 5.78. The van der Waals surface area contributed by atoms with Crippen molar-refractivity contribution in [3.05, 3.63) is 0 Å². The molecule has 4 rings (SSSR count). The van der Waals surface area contributed by atoms with E-state index in [-0.39, 0.29) is 17.7 Å². The van der Waals surface area contributed by atoms with E-state index < -0.39 is 0 Å². The lowest BCUT2D eigenvalue weighted by molar-refractivity contribution is -0.145. The molecule has 4 aliphatic rings. The van der Waals surface area contributed by atoms with E-state index in [1.165, 1.54) is 32.1 Å². The highest BCUT2D eigenvalue weighted by Gasteiger charge is 2.35. The number of carbonyl (C=O) groups is 3. The van der Waals surface area contributed by atoms with Gasteiger partial charge in [-0.1, -0.05) is 19.3 Å². The number of hydrogen-bond acceptors (Lipinski definition) is 3. The summed E-state index contributed by atoms with van der Waals surface area (Å²) in [6.45, 7) is 4.86. The maximum atomic E-state index is 13.1. The maximum absolute atomic E-state index is 13.1. The topological polar surface area (TPSA) is 60.9 Å². The van der Waals surface area contributed by atoms with Gasteiger partial charge in [-0.05, 0) is 50.4 Å². The van der Waals surface area contributed by atoms with Gasteiger partial charge < -0.3 is 14.7 Å². The monoisotopic (exact) mass is 403 g/mol. The third-order valence-electron chi connectivity index (χ3n) is 7.63. The molecule has 0 radical (unpaired) electrons. The number of nitrogens with zero attached hydrogens (tertiary/aromatic N) is 3. The van der Waals surface area contributed by atoms with Crippen molar-refractivity contribution in [2.24, 2.45) is 17.8 Å². The van der Waals surface area contributed by atoms with Gasteiger partial charge in [-0.15, -0.1) is 0 Å². The highest BCUT2D eigenvalue weighted by molar-refractivity contribution is 5.84. The third kappa shape index (κ3) is 5.13. The fraction of sp³-hybridized carbons (Fsp3) is 0.870. The van der Waals surface area contributed by atoms with Gasteiger partial charge in [0.2, 0.25) is 17.7 Å². The minimum atomic E-state index is -0.0204. The van der Waals surface area contributed by atoms with Gasteiger partial charge in [-0.25, -0.2) is 0 Å². The molecule has 1 atom stereocenters. The zero-order chi connectivity index (χ0) is 20.2. The van der Waals surface area contributed by atoms with Crippen molar-refractivity contribution in [1.82, 2.24) is 14.7 Å². The molecule has 0 N–H and O–H groups in total. The molecule has 3 aliphatic heterocycles. The Bertz CT molecular complexity index is 608. The Kier molecular flexibility index (Phi) is 6.76. The molecule has 4 fully saturated rings. The van der Waals surface area contributed by atoms with Crippen LogP contribution < -0.4 is 0 Å². The molecule has 0 aromatic heterocycles. The minimum Gasteiger partial charge on any atom is -0.342 e. The highest BCUT2D eigenvalue weighted by Crippen LogP contribution is 2.29. The summed E-state index contributed by atoms with van der Waals surface area (Å²) in [5, 5.41) is 0. The second kappa shape index (κ2) is 9.48. The normalized spacial score (nSPS) is 27.7. The Hall–Kier alpha value is -1.59. The summed E-state index contributed by atoms with van der Waals surface area (Å²) in [6, 6.07) is 0. The van der Waals surface area contributed by atoms with E-state index in [0.29, 0.717) is 43.6 Å². The molecule has 6 nitrogen and oxygen atoms in total. The Morgan fingerprint density at radius 1 is 0.724 bits per heavy atom. The smallest absolute Gasteiger partial charge is 0.227 e. The zero-order valence-corrected chi connectivity index (χ0v) is 17.8. The first-order valence-corrected chi connectivity index (χ1v) is 11.9. The Morgan fingerprint density at radius 2 is 1.38 bits per heavy atom. The fourth-order valence-corrected chi connectivity index (χ4v) is 5.78. The standard InChI is InChI=1S/C23H37N3O3/c27-21-7-4-12-25(21)15-19-10-13-24(14-11-19)23(29)20-8-9-22(28)26(17-20)16-18-5-2-1-3-6-18/h18-20H,1-17H2/t20-/m0/s1. The van der Waals surface area contributed by atoms with Crippen LogP contribution in [0.4, 0.5) is 0 Å². The van der Waals surface area contributed by atoms with Crippen molar-refractivity contribution < 1.29 is 14.4 Å². The summed E-state index contributed by atoms with van der Waals surface area (Å²) in [7, 11) is 0. The van der Waals surface area contributed by atoms with Gasteiger partial charge in [-0.3, -0.25) is 14.4 Å². The molecular formula is C23H37N3O3. The van der Waals surface area contributed by atoms with Crippen LogP contribution in [0.3, 0.4) is 0 Å². The molecule has 3 heterocycles. The third-order valence-corrected chi connectivity index (χ3v) is 7.63. The highest BCUT2D eigenvalue weighted by atomic mass is 16.2. The summed E-state index contributed by atoms with van der Waals surface area (Å²) in [5.74, 6) is 1.93. The molecule has 3 saturated heterocycles. The van der Waals surface area contributed by atoms with Gasteiger partial charge in [0.15, 0.2) is 0 Å². The summed E-state index contributed by atoms with van der Waals surface area (Å²) in [6.07, 6.45) is 11.3. The van der Waals surface area contributed by atoms with E-state index in [9.17, 15) is 14.4 Å². The molecule has 0 aromatic rings. The molecular weight excluding hydrogens is 366 g/mol. The maximum Gasteiger partial charge on any atom is 0.227 e. The molecule has 0 aromatic carbocycles. The lowest BCUT2D eigenvalue weighted by Crippen LogP contribution is -2.50. The van der Waals surface area contributed by atoms with E-state index in [2.05, 4.69) is 0 Å². The number of likely N-dealkylation sites (tertiary alicyclic amines) is 3. The molecule has 162 valence electrons. The second-order valence-electron chi connectivity index (χ2n) is 9.75. The largest absolute Gasteiger partial charge is 0.342 e. The first-order valence-electron chi connectivity index (χ1n) is 11.9. The molecule has 6 heteroatoms. The summed E-state index contributed by atoms with van der Waals surface area (Å²) in [5.41, 5.74) is 0. The van der Waals surface area contributed by atoms with Crippen molar-refractivity contribution in [2.75, 3.05) is 39.3 Å². The molecule has 29 heavy (non-hydrogen) atoms. The Labute approximate surface area is 175 Å². The molecule has 3 amide bonds. The van der Waals surface area contributed by atoms with Crippen LogP contribution in [0.5, 0.6) is 0 Å². The molecule has 0 spiro atoms. The van der Waals surface area contributed by atoms with E-state index >= 15 is 0 Å². The van der Waals surface area contributed by atoms with Gasteiger partial charge in [0.1, 0.15) is 0 Å². The van der Waals surface area contributed by atoms with Gasteiger partial charge >= 0.3 is 0 Å². The van der Waals surface area contributed by atoms with Gasteiger partial charge in [-0.2, -0.15) is 0 Å². The van der Waals surface area contributed by atoms with Crippen molar-refractivity contribution in [2.45, 2.75) is 70.6 Å². The van der Waals surface area contributed by atoms with Crippen molar-refractivity contribution in [3.63, 3.8) is 0 Å². The average molecular weight is 404 g/mol. The van der Waals surface area contributed by atoms with Crippen molar-refractivity contribution in [3.8, 4) is 0 Å². The lowest BCUT2D eigenvalue weighted by atomic mass is 9.87. The predicted molar refractivity (Wildman–Crippen MR) is 111 cm³/mol. The van der Waals surface area contributed by atoms with Crippen LogP contribution in [0.2, 0.25) is 0 Å². The summed E-state index contributed by atoms with van der Waals surface area (Å²) in [4.78, 5) is 43.4. The van der Waals surface area contributed by atoms with Crippen LogP contribution in [-0.2, 0) is 14.4 Å². The predicted octanol–water partition coefficient (Wildman–Crippen LogP) is 2.67. The molecule has 1 saturated carbocycles. The SMILES string of the molecule is O=C1CCCN1CC1CCN(C(=O)[C@H]2CCC(=O)N(CC3CCCCC3)C2)CC1. The number of rotatable bonds is 5. The quantitative estimate of drug-likeness (QED) is 0.709. The molecule has 1 aliphatic carbocycles. The van der Waals surface area contributed by atoms with E-state index in [4.69, 9.17) is 0 Å². The van der Waals surface area contributed by atoms with Crippen LogP contribution in [0.25, 0.3) is 0 Å². The van der Waals surface area contributed by atoms with E-state index in [0.717, 1.165) is 52.0 Å². The van der Waals surface area contributed by atoms with Crippen molar-refractivity contribution >= 4 is 17.7 Å². The van der Waals surface area contributed by atoms with E-state index in [1.54, 1.807) is 0 Å². The molecule has 0 bridgehead atoms. The Morgan fingerprint density at radius 3 is 2.07 bits per heavy atom. The van der Waals surface area contributed by atoms with Crippen LogP contribution in [-0.4, -0.2) is 71.7 Å². The number of piperidine rings is 2. The van der Waals surface area contributed by atoms with Crippen LogP contribution >= 0.6 is 0 Å². The summed E-state index contributed by atoms with van der Waals surface area (Å²) >= 11 is 0. The van der Waals surface area contributed by atoms with Gasteiger partial charge in [0, 0.05) is 52.1 Å². The number of amides is 3. The lowest BCUT2D eigenvalue weighted by Gasteiger charge is -2.39. The van der Waals surface area contributed by atoms with Gasteiger partial charge in [0.25, 0.3) is 0 Å². The van der Waals surface area contributed by atoms with Crippen molar-refractivity contribution in [1.29, 1.82) is 0 Å². The molecule has 0 unspecified atom stereocenters. The summed E-state index contributed by atoms with van der Waals surface area (Å²) < 4.78 is 0. The van der Waals surface area contributed by atoms with Crippen LogP contribution in [0.15, 0.2) is 0 Å². The first-order chi connectivity index (χ1) is 14.1. The van der Waals surface area contributed by atoms with Crippen LogP contribution in [0, 0.1) is 17.8 Å². The number of hydrogen-bond donors (Lipinski definition) is 0. The number of carbonyl (C=O) groups excluding carboxylic acids is 3. The van der Waals surface area contributed by atoms with E-state index in [1.807, 2.05) is 14.7 Å². The first kappa shape index (κ1) is 20.7. The second-order valence-corrected chi connectivity index (χ2v) is 9.75. The van der Waals surface area contributed by atoms with Crippen LogP contribution in [0.1, 0.15) is 70.6 Å². The minimum absolute atomic E-state index is 0.0204. The zero-order valence-electron chi connectivity index (χ0n) is 17.8.